The van der Waals surface area contributed by atoms with E-state index in [1.807, 2.05) is 0 Å². The Balaban J connectivity index is 2.36. The Hall–Kier alpha value is -2.93. The second kappa shape index (κ2) is 6.18. The molecule has 132 valence electrons. The van der Waals surface area contributed by atoms with Crippen molar-refractivity contribution in [1.82, 2.24) is 0 Å². The first kappa shape index (κ1) is 16.9. The summed E-state index contributed by atoms with van der Waals surface area (Å²) in [6.45, 7) is 2.96. The van der Waals surface area contributed by atoms with Gasteiger partial charge in [0.2, 0.25) is 0 Å². The lowest BCUT2D eigenvalue weighted by atomic mass is 10.0. The van der Waals surface area contributed by atoms with Crippen molar-refractivity contribution in [1.29, 1.82) is 0 Å². The van der Waals surface area contributed by atoms with Crippen molar-refractivity contribution in [3.8, 4) is 34.5 Å². The molecule has 2 aromatic rings. The van der Waals surface area contributed by atoms with E-state index >= 15 is 0 Å². The fourth-order valence-electron chi connectivity index (χ4n) is 2.99. The van der Waals surface area contributed by atoms with Crippen LogP contribution in [0, 0.1) is 13.8 Å². The van der Waals surface area contributed by atoms with Crippen LogP contribution >= 0.6 is 0 Å². The second-order valence-electron chi connectivity index (χ2n) is 5.61. The van der Waals surface area contributed by atoms with Crippen LogP contribution in [-0.4, -0.2) is 30.4 Å². The molecule has 2 N–H and O–H groups in total. The number of fused-ring (bicyclic) bond motifs is 2. The fraction of sp³-hybridized carbons (Fsp3) is 0.278. The highest BCUT2D eigenvalue weighted by atomic mass is 16.6. The van der Waals surface area contributed by atoms with Crippen LogP contribution in [0.15, 0.2) is 12.1 Å². The molecule has 1 aliphatic rings. The minimum atomic E-state index is -0.674. The van der Waals surface area contributed by atoms with Crippen LogP contribution in [0.25, 0.3) is 0 Å². The fourth-order valence-corrected chi connectivity index (χ4v) is 2.99. The molecule has 0 bridgehead atoms. The van der Waals surface area contributed by atoms with Crippen LogP contribution in [0.4, 0.5) is 0 Å². The Labute approximate surface area is 144 Å². The number of hydrogen-bond acceptors (Lipinski definition) is 7. The molecule has 3 rings (SSSR count). The molecule has 0 radical (unpaired) electrons. The van der Waals surface area contributed by atoms with Crippen LogP contribution in [0.5, 0.6) is 34.5 Å². The number of phenols is 1. The standard InChI is InChI=1S/C18H18O7/c1-8-5-10(20)6-12-14(8)25-16-11(7-19)17(23-4)15(22-3)9(2)13(16)18(21)24-12/h5-6,19-20H,7H2,1-4H3. The van der Waals surface area contributed by atoms with Gasteiger partial charge in [-0.05, 0) is 25.5 Å². The Kier molecular flexibility index (Phi) is 4.18. The van der Waals surface area contributed by atoms with Gasteiger partial charge in [-0.25, -0.2) is 4.79 Å². The normalized spacial score (nSPS) is 12.4. The van der Waals surface area contributed by atoms with Gasteiger partial charge in [-0.3, -0.25) is 0 Å². The summed E-state index contributed by atoms with van der Waals surface area (Å²) in [5, 5.41) is 19.6. The smallest absolute Gasteiger partial charge is 0.347 e. The number of benzene rings is 2. The molecular formula is C18H18O7. The molecule has 0 saturated carbocycles. The molecule has 0 unspecified atom stereocenters. The van der Waals surface area contributed by atoms with Crippen molar-refractivity contribution in [3.05, 3.63) is 34.4 Å². The highest BCUT2D eigenvalue weighted by Crippen LogP contribution is 2.49. The number of carbonyl (C=O) groups excluding carboxylic acids is 1. The first-order chi connectivity index (χ1) is 11.9. The topological polar surface area (TPSA) is 94.5 Å². The van der Waals surface area contributed by atoms with Crippen LogP contribution in [0.2, 0.25) is 0 Å². The third-order valence-corrected chi connectivity index (χ3v) is 4.10. The van der Waals surface area contributed by atoms with E-state index in [2.05, 4.69) is 0 Å². The van der Waals surface area contributed by atoms with Crippen molar-refractivity contribution in [2.24, 2.45) is 0 Å². The number of esters is 1. The Morgan fingerprint density at radius 2 is 1.72 bits per heavy atom. The molecule has 2 aromatic carbocycles. The summed E-state index contributed by atoms with van der Waals surface area (Å²) in [6, 6.07) is 2.79. The molecule has 7 heteroatoms. The van der Waals surface area contributed by atoms with Gasteiger partial charge in [-0.15, -0.1) is 0 Å². The Morgan fingerprint density at radius 3 is 2.32 bits per heavy atom. The van der Waals surface area contributed by atoms with Crippen molar-refractivity contribution >= 4 is 5.97 Å². The van der Waals surface area contributed by atoms with Gasteiger partial charge in [0.25, 0.3) is 0 Å². The molecule has 0 aliphatic carbocycles. The molecule has 25 heavy (non-hydrogen) atoms. The summed E-state index contributed by atoms with van der Waals surface area (Å²) in [7, 11) is 2.88. The van der Waals surface area contributed by atoms with Crippen molar-refractivity contribution in [3.63, 3.8) is 0 Å². The summed E-state index contributed by atoms with van der Waals surface area (Å²) >= 11 is 0. The van der Waals surface area contributed by atoms with Crippen LogP contribution in [-0.2, 0) is 6.61 Å². The van der Waals surface area contributed by atoms with Crippen LogP contribution < -0.4 is 18.9 Å². The van der Waals surface area contributed by atoms with Crippen LogP contribution in [0.1, 0.15) is 27.0 Å². The molecule has 0 aromatic heterocycles. The average molecular weight is 346 g/mol. The lowest BCUT2D eigenvalue weighted by Gasteiger charge is -2.20. The van der Waals surface area contributed by atoms with E-state index in [1.54, 1.807) is 13.8 Å². The van der Waals surface area contributed by atoms with Gasteiger partial charge in [0.15, 0.2) is 28.7 Å². The lowest BCUT2D eigenvalue weighted by Crippen LogP contribution is -2.12. The van der Waals surface area contributed by atoms with Gasteiger partial charge < -0.3 is 29.2 Å². The second-order valence-corrected chi connectivity index (χ2v) is 5.61. The third-order valence-electron chi connectivity index (χ3n) is 4.10. The van der Waals surface area contributed by atoms with Gasteiger partial charge in [-0.1, -0.05) is 0 Å². The SMILES string of the molecule is COc1c(C)c2c(c(CO)c1OC)Oc1c(C)cc(O)cc1OC2=O. The number of carbonyl (C=O) groups is 1. The average Bonchev–Trinajstić information content (AvgIpc) is 2.70. The van der Waals surface area contributed by atoms with Gasteiger partial charge in [0, 0.05) is 11.6 Å². The quantitative estimate of drug-likeness (QED) is 0.652. The van der Waals surface area contributed by atoms with Crippen molar-refractivity contribution < 1.29 is 34.0 Å². The number of aliphatic hydroxyl groups is 1. The van der Waals surface area contributed by atoms with E-state index in [1.165, 1.54) is 26.4 Å². The zero-order valence-electron chi connectivity index (χ0n) is 14.3. The van der Waals surface area contributed by atoms with E-state index in [0.717, 1.165) is 0 Å². The maximum Gasteiger partial charge on any atom is 0.347 e. The maximum absolute atomic E-state index is 12.7. The predicted octanol–water partition coefficient (Wildman–Crippen LogP) is 2.84. The molecule has 7 nitrogen and oxygen atoms in total. The zero-order chi connectivity index (χ0) is 18.3. The first-order valence-corrected chi connectivity index (χ1v) is 7.54. The number of ether oxygens (including phenoxy) is 4. The molecule has 0 amide bonds. The highest BCUT2D eigenvalue weighted by Gasteiger charge is 2.33. The predicted molar refractivity (Wildman–Crippen MR) is 88.1 cm³/mol. The van der Waals surface area contributed by atoms with E-state index in [9.17, 15) is 15.0 Å². The third kappa shape index (κ3) is 2.53. The molecule has 1 aliphatic heterocycles. The molecule has 0 fully saturated rings. The van der Waals surface area contributed by atoms with Crippen molar-refractivity contribution in [2.75, 3.05) is 14.2 Å². The maximum atomic E-state index is 12.7. The molecule has 0 atom stereocenters. The summed E-state index contributed by atoms with van der Waals surface area (Å²) in [4.78, 5) is 12.7. The van der Waals surface area contributed by atoms with Crippen molar-refractivity contribution in [2.45, 2.75) is 20.5 Å². The first-order valence-electron chi connectivity index (χ1n) is 7.54. The van der Waals surface area contributed by atoms with E-state index in [-0.39, 0.29) is 39.9 Å². The number of methoxy groups -OCH3 is 2. The molecule has 0 spiro atoms. The number of hydrogen-bond donors (Lipinski definition) is 2. The number of rotatable bonds is 3. The zero-order valence-corrected chi connectivity index (χ0v) is 14.3. The van der Waals surface area contributed by atoms with Gasteiger partial charge in [0.05, 0.1) is 26.4 Å². The summed E-state index contributed by atoms with van der Waals surface area (Å²) in [6.07, 6.45) is 0. The summed E-state index contributed by atoms with van der Waals surface area (Å²) in [5.74, 6) is 0.409. The summed E-state index contributed by atoms with van der Waals surface area (Å²) in [5.41, 5.74) is 1.45. The molecular weight excluding hydrogens is 328 g/mol. The monoisotopic (exact) mass is 346 g/mol. The molecule has 0 saturated heterocycles. The van der Waals surface area contributed by atoms with Gasteiger partial charge in [-0.2, -0.15) is 0 Å². The minimum absolute atomic E-state index is 0.0483. The number of aliphatic hydroxyl groups excluding tert-OH is 1. The van der Waals surface area contributed by atoms with E-state index < -0.39 is 12.6 Å². The van der Waals surface area contributed by atoms with Gasteiger partial charge >= 0.3 is 5.97 Å². The Bertz CT molecular complexity index is 871. The van der Waals surface area contributed by atoms with E-state index in [4.69, 9.17) is 18.9 Å². The van der Waals surface area contributed by atoms with Crippen LogP contribution in [0.3, 0.4) is 0 Å². The van der Waals surface area contributed by atoms with Gasteiger partial charge in [0.1, 0.15) is 11.3 Å². The lowest BCUT2D eigenvalue weighted by molar-refractivity contribution is 0.0736. The molecule has 1 heterocycles. The minimum Gasteiger partial charge on any atom is -0.508 e. The summed E-state index contributed by atoms with van der Waals surface area (Å²) < 4.78 is 22.1. The number of phenolic OH excluding ortho intramolecular Hbond substituents is 1. The number of aryl methyl sites for hydroxylation is 1. The highest BCUT2D eigenvalue weighted by molar-refractivity contribution is 5.99. The largest absolute Gasteiger partial charge is 0.508 e. The Morgan fingerprint density at radius 1 is 1.04 bits per heavy atom. The number of aromatic hydroxyl groups is 1. The van der Waals surface area contributed by atoms with E-state index in [0.29, 0.717) is 16.9 Å².